The van der Waals surface area contributed by atoms with Crippen LogP contribution in [0.15, 0.2) is 30.3 Å². The molecule has 28 heavy (non-hydrogen) atoms. The predicted octanol–water partition coefficient (Wildman–Crippen LogP) is 3.92. The van der Waals surface area contributed by atoms with Gasteiger partial charge in [-0.25, -0.2) is 0 Å². The van der Waals surface area contributed by atoms with Gasteiger partial charge in [0.25, 0.3) is 5.91 Å². The third-order valence-corrected chi connectivity index (χ3v) is 5.09. The smallest absolute Gasteiger partial charge is 0.261 e. The van der Waals surface area contributed by atoms with Gasteiger partial charge in [-0.1, -0.05) is 19.9 Å². The predicted molar refractivity (Wildman–Crippen MR) is 111 cm³/mol. The van der Waals surface area contributed by atoms with Gasteiger partial charge >= 0.3 is 0 Å². The van der Waals surface area contributed by atoms with Gasteiger partial charge in [-0.15, -0.1) is 11.3 Å². The van der Waals surface area contributed by atoms with Crippen molar-refractivity contribution in [2.45, 2.75) is 40.3 Å². The van der Waals surface area contributed by atoms with E-state index in [0.717, 1.165) is 10.4 Å². The molecule has 0 fully saturated rings. The standard InChI is InChI=1S/C21H28N2O4S/c1-13(2)12-27-18-8-6-16(10-19(18)26-5)14(3)23-21(25)20-9-7-17(28-20)11-22-15(4)24/h6-10,13-14H,11-12H2,1-5H3,(H,22,24)(H,23,25). The summed E-state index contributed by atoms with van der Waals surface area (Å²) in [5, 5.41) is 5.73. The van der Waals surface area contributed by atoms with Crippen molar-refractivity contribution in [1.82, 2.24) is 10.6 Å². The van der Waals surface area contributed by atoms with E-state index < -0.39 is 0 Å². The molecule has 1 heterocycles. The highest BCUT2D eigenvalue weighted by Crippen LogP contribution is 2.31. The highest BCUT2D eigenvalue weighted by atomic mass is 32.1. The molecule has 7 heteroatoms. The molecule has 152 valence electrons. The monoisotopic (exact) mass is 404 g/mol. The molecule has 1 aromatic heterocycles. The Bertz CT molecular complexity index is 816. The number of benzene rings is 1. The molecule has 0 spiro atoms. The van der Waals surface area contributed by atoms with Gasteiger partial charge in [-0.05, 0) is 42.7 Å². The minimum Gasteiger partial charge on any atom is -0.493 e. The zero-order valence-electron chi connectivity index (χ0n) is 17.0. The largest absolute Gasteiger partial charge is 0.493 e. The van der Waals surface area contributed by atoms with E-state index in [9.17, 15) is 9.59 Å². The number of carbonyl (C=O) groups is 2. The number of amides is 2. The zero-order chi connectivity index (χ0) is 20.7. The number of nitrogens with one attached hydrogen (secondary N) is 2. The molecule has 2 rings (SSSR count). The molecule has 1 aromatic carbocycles. The Morgan fingerprint density at radius 2 is 1.86 bits per heavy atom. The van der Waals surface area contributed by atoms with Crippen LogP contribution in [0.1, 0.15) is 53.8 Å². The first-order chi connectivity index (χ1) is 13.3. The average Bonchev–Trinajstić information content (AvgIpc) is 3.13. The lowest BCUT2D eigenvalue weighted by molar-refractivity contribution is -0.119. The third kappa shape index (κ3) is 6.27. The zero-order valence-corrected chi connectivity index (χ0v) is 17.8. The van der Waals surface area contributed by atoms with Crippen LogP contribution in [0.25, 0.3) is 0 Å². The van der Waals surface area contributed by atoms with Crippen molar-refractivity contribution in [3.05, 3.63) is 45.6 Å². The summed E-state index contributed by atoms with van der Waals surface area (Å²) >= 11 is 1.37. The van der Waals surface area contributed by atoms with E-state index in [1.54, 1.807) is 13.2 Å². The Morgan fingerprint density at radius 3 is 2.50 bits per heavy atom. The molecule has 2 aromatic rings. The molecule has 0 aliphatic carbocycles. The van der Waals surface area contributed by atoms with E-state index in [2.05, 4.69) is 24.5 Å². The summed E-state index contributed by atoms with van der Waals surface area (Å²) in [7, 11) is 1.60. The van der Waals surface area contributed by atoms with E-state index >= 15 is 0 Å². The number of carbonyl (C=O) groups excluding carboxylic acids is 2. The van der Waals surface area contributed by atoms with Crippen LogP contribution in [0.4, 0.5) is 0 Å². The maximum Gasteiger partial charge on any atom is 0.261 e. The van der Waals surface area contributed by atoms with Crippen molar-refractivity contribution in [3.63, 3.8) is 0 Å². The van der Waals surface area contributed by atoms with Crippen molar-refractivity contribution in [2.24, 2.45) is 5.92 Å². The number of methoxy groups -OCH3 is 1. The van der Waals surface area contributed by atoms with Gasteiger partial charge in [0.2, 0.25) is 5.91 Å². The molecule has 1 atom stereocenters. The molecule has 6 nitrogen and oxygen atoms in total. The summed E-state index contributed by atoms with van der Waals surface area (Å²) < 4.78 is 11.2. The number of hydrogen-bond donors (Lipinski definition) is 2. The number of ether oxygens (including phenoxy) is 2. The van der Waals surface area contributed by atoms with Crippen LogP contribution in [0, 0.1) is 5.92 Å². The van der Waals surface area contributed by atoms with Crippen LogP contribution in [-0.4, -0.2) is 25.5 Å². The molecular formula is C21H28N2O4S. The van der Waals surface area contributed by atoms with Gasteiger partial charge < -0.3 is 20.1 Å². The van der Waals surface area contributed by atoms with Gasteiger partial charge in [-0.3, -0.25) is 9.59 Å². The third-order valence-electron chi connectivity index (χ3n) is 4.00. The lowest BCUT2D eigenvalue weighted by Gasteiger charge is -2.17. The highest BCUT2D eigenvalue weighted by molar-refractivity contribution is 7.14. The van der Waals surface area contributed by atoms with Gasteiger partial charge in [0, 0.05) is 11.8 Å². The molecule has 0 aliphatic heterocycles. The summed E-state index contributed by atoms with van der Waals surface area (Å²) in [6.07, 6.45) is 0. The topological polar surface area (TPSA) is 76.7 Å². The molecule has 2 N–H and O–H groups in total. The fourth-order valence-corrected chi connectivity index (χ4v) is 3.34. The maximum absolute atomic E-state index is 12.5. The summed E-state index contributed by atoms with van der Waals surface area (Å²) in [4.78, 5) is 25.1. The Balaban J connectivity index is 2.02. The fraction of sp³-hybridized carbons (Fsp3) is 0.429. The first-order valence-corrected chi connectivity index (χ1v) is 10.1. The van der Waals surface area contributed by atoms with Crippen molar-refractivity contribution < 1.29 is 19.1 Å². The van der Waals surface area contributed by atoms with Gasteiger partial charge in [-0.2, -0.15) is 0 Å². The lowest BCUT2D eigenvalue weighted by atomic mass is 10.1. The molecule has 0 saturated heterocycles. The maximum atomic E-state index is 12.5. The summed E-state index contributed by atoms with van der Waals surface area (Å²) in [5.41, 5.74) is 0.928. The summed E-state index contributed by atoms with van der Waals surface area (Å²) in [6.45, 7) is 8.61. The SMILES string of the molecule is COc1cc(C(C)NC(=O)c2ccc(CNC(C)=O)s2)ccc1OCC(C)C. The number of thiophene rings is 1. The van der Waals surface area contributed by atoms with Crippen molar-refractivity contribution in [1.29, 1.82) is 0 Å². The molecule has 2 amide bonds. The van der Waals surface area contributed by atoms with Gasteiger partial charge in [0.05, 0.1) is 31.2 Å². The average molecular weight is 405 g/mol. The van der Waals surface area contributed by atoms with Crippen LogP contribution < -0.4 is 20.1 Å². The Labute approximate surface area is 170 Å². The normalized spacial score (nSPS) is 11.8. The van der Waals surface area contributed by atoms with E-state index in [4.69, 9.17) is 9.47 Å². The van der Waals surface area contributed by atoms with E-state index in [1.807, 2.05) is 31.2 Å². The lowest BCUT2D eigenvalue weighted by Crippen LogP contribution is -2.25. The molecule has 0 saturated carbocycles. The first-order valence-electron chi connectivity index (χ1n) is 9.25. The quantitative estimate of drug-likeness (QED) is 0.664. The molecular weight excluding hydrogens is 376 g/mol. The van der Waals surface area contributed by atoms with Crippen LogP contribution in [-0.2, 0) is 11.3 Å². The van der Waals surface area contributed by atoms with Crippen LogP contribution in [0.2, 0.25) is 0 Å². The number of rotatable bonds is 9. The minimum atomic E-state index is -0.193. The second kappa shape index (κ2) is 10.1. The van der Waals surface area contributed by atoms with Crippen molar-refractivity contribution in [3.8, 4) is 11.5 Å². The molecule has 0 bridgehead atoms. The summed E-state index contributed by atoms with van der Waals surface area (Å²) in [5.74, 6) is 1.52. The first kappa shape index (κ1) is 21.8. The number of hydrogen-bond acceptors (Lipinski definition) is 5. The van der Waals surface area contributed by atoms with Crippen molar-refractivity contribution in [2.75, 3.05) is 13.7 Å². The Morgan fingerprint density at radius 1 is 1.11 bits per heavy atom. The highest BCUT2D eigenvalue weighted by Gasteiger charge is 2.16. The van der Waals surface area contributed by atoms with E-state index in [0.29, 0.717) is 35.4 Å². The Kier molecular flexibility index (Phi) is 7.87. The second-order valence-electron chi connectivity index (χ2n) is 6.99. The van der Waals surface area contributed by atoms with Gasteiger partial charge in [0.1, 0.15) is 0 Å². The molecule has 1 unspecified atom stereocenters. The van der Waals surface area contributed by atoms with Crippen LogP contribution in [0.5, 0.6) is 11.5 Å². The van der Waals surface area contributed by atoms with Crippen molar-refractivity contribution >= 4 is 23.2 Å². The molecule has 0 aliphatic rings. The minimum absolute atomic E-state index is 0.0946. The van der Waals surface area contributed by atoms with Gasteiger partial charge in [0.15, 0.2) is 11.5 Å². The molecule has 0 radical (unpaired) electrons. The Hall–Kier alpha value is -2.54. The van der Waals surface area contributed by atoms with E-state index in [-0.39, 0.29) is 17.9 Å². The second-order valence-corrected chi connectivity index (χ2v) is 8.15. The van der Waals surface area contributed by atoms with Crippen LogP contribution >= 0.6 is 11.3 Å². The van der Waals surface area contributed by atoms with E-state index in [1.165, 1.54) is 18.3 Å². The van der Waals surface area contributed by atoms with Crippen LogP contribution in [0.3, 0.4) is 0 Å². The fourth-order valence-electron chi connectivity index (χ4n) is 2.49. The summed E-state index contributed by atoms with van der Waals surface area (Å²) in [6, 6.07) is 9.12.